The molecular weight excluding hydrogens is 536 g/mol. The largest absolute Gasteiger partial charge is 0.481 e. The standard InChI is InChI=1S/C17H26N2O2.C13H22N2O4.C2H6/c20-16(21)10-6-4-2-1-3-5-9-15-12-11-14-8-7-13-18-17(14)19-15;14-4-7-17-9-11-19-12-10-18-8-6-15-5-2-1-3-13(15)16;1-2/h11-12H,1-10,13H2,(H,18,19)(H,20,21);1-3,5H,4,6-12,14H2;1-2H3. The van der Waals surface area contributed by atoms with E-state index in [1.54, 1.807) is 16.8 Å². The van der Waals surface area contributed by atoms with Gasteiger partial charge in [0.25, 0.3) is 5.56 Å². The van der Waals surface area contributed by atoms with Crippen LogP contribution in [-0.4, -0.2) is 73.4 Å². The smallest absolute Gasteiger partial charge is 0.303 e. The number of aromatic nitrogens is 2. The Bertz CT molecular complexity index is 1000. The molecule has 0 amide bonds. The molecule has 0 saturated heterocycles. The molecule has 10 heteroatoms. The number of carboxylic acids is 1. The maximum Gasteiger partial charge on any atom is 0.303 e. The van der Waals surface area contributed by atoms with Crippen molar-refractivity contribution in [3.63, 3.8) is 0 Å². The maximum atomic E-state index is 11.4. The molecule has 42 heavy (non-hydrogen) atoms. The number of rotatable bonds is 20. The number of hydrogen-bond donors (Lipinski definition) is 3. The van der Waals surface area contributed by atoms with Crippen molar-refractivity contribution in [1.82, 2.24) is 9.55 Å². The molecule has 4 N–H and O–H groups in total. The number of carbonyl (C=O) groups is 1. The molecule has 0 atom stereocenters. The van der Waals surface area contributed by atoms with E-state index < -0.39 is 5.97 Å². The van der Waals surface area contributed by atoms with Gasteiger partial charge in [-0.2, -0.15) is 0 Å². The van der Waals surface area contributed by atoms with Crippen LogP contribution >= 0.6 is 0 Å². The van der Waals surface area contributed by atoms with Crippen molar-refractivity contribution in [2.45, 2.75) is 84.6 Å². The van der Waals surface area contributed by atoms with Gasteiger partial charge < -0.3 is 34.9 Å². The van der Waals surface area contributed by atoms with Gasteiger partial charge in [-0.25, -0.2) is 4.98 Å². The molecule has 3 rings (SSSR count). The Kier molecular flexibility index (Phi) is 22.9. The lowest BCUT2D eigenvalue weighted by Crippen LogP contribution is -2.21. The van der Waals surface area contributed by atoms with Gasteiger partial charge in [0.1, 0.15) is 5.82 Å². The van der Waals surface area contributed by atoms with Crippen molar-refractivity contribution in [3.05, 3.63) is 58.1 Å². The highest BCUT2D eigenvalue weighted by molar-refractivity contribution is 5.66. The molecule has 1 aliphatic heterocycles. The fourth-order valence-electron chi connectivity index (χ4n) is 4.23. The van der Waals surface area contributed by atoms with Gasteiger partial charge in [0.05, 0.1) is 39.6 Å². The first-order chi connectivity index (χ1) is 20.6. The summed E-state index contributed by atoms with van der Waals surface area (Å²) in [5.41, 5.74) is 7.80. The van der Waals surface area contributed by atoms with E-state index >= 15 is 0 Å². The summed E-state index contributed by atoms with van der Waals surface area (Å²) >= 11 is 0. The van der Waals surface area contributed by atoms with Crippen LogP contribution in [-0.2, 0) is 38.4 Å². The number of hydrogen-bond acceptors (Lipinski definition) is 8. The number of nitrogens with two attached hydrogens (primary N) is 1. The van der Waals surface area contributed by atoms with Crippen LogP contribution in [0.5, 0.6) is 0 Å². The first-order valence-corrected chi connectivity index (χ1v) is 15.6. The van der Waals surface area contributed by atoms with E-state index in [0.717, 1.165) is 44.5 Å². The number of carboxylic acid groups (broad SMARTS) is 1. The van der Waals surface area contributed by atoms with Crippen molar-refractivity contribution in [2.24, 2.45) is 5.73 Å². The molecule has 0 fully saturated rings. The topological polar surface area (TPSA) is 138 Å². The Morgan fingerprint density at radius 3 is 2.29 bits per heavy atom. The lowest BCUT2D eigenvalue weighted by molar-refractivity contribution is -0.137. The number of pyridine rings is 2. The van der Waals surface area contributed by atoms with Gasteiger partial charge in [-0.05, 0) is 49.8 Å². The SMILES string of the molecule is CC.NCCOCCOCCOCCn1ccccc1=O.O=C(O)CCCCCCCCc1ccc2c(n1)NCCC2. The van der Waals surface area contributed by atoms with E-state index in [1.165, 1.54) is 43.0 Å². The lowest BCUT2D eigenvalue weighted by Gasteiger charge is -2.17. The molecule has 10 nitrogen and oxygen atoms in total. The highest BCUT2D eigenvalue weighted by Crippen LogP contribution is 2.20. The van der Waals surface area contributed by atoms with Crippen LogP contribution in [0.4, 0.5) is 5.82 Å². The van der Waals surface area contributed by atoms with Gasteiger partial charge in [-0.3, -0.25) is 9.59 Å². The molecule has 1 aliphatic rings. The van der Waals surface area contributed by atoms with Crippen molar-refractivity contribution in [3.8, 4) is 0 Å². The maximum absolute atomic E-state index is 11.4. The second-order valence-electron chi connectivity index (χ2n) is 9.71. The molecule has 0 unspecified atom stereocenters. The van der Waals surface area contributed by atoms with Crippen LogP contribution in [0.25, 0.3) is 0 Å². The number of fused-ring (bicyclic) bond motifs is 1. The number of aryl methyl sites for hydroxylation is 2. The molecular formula is C32H54N4O6. The number of nitrogens with one attached hydrogen (secondary N) is 1. The van der Waals surface area contributed by atoms with E-state index in [-0.39, 0.29) is 5.56 Å². The summed E-state index contributed by atoms with van der Waals surface area (Å²) in [6, 6.07) is 9.46. The first kappa shape index (κ1) is 37.2. The van der Waals surface area contributed by atoms with E-state index in [2.05, 4.69) is 17.4 Å². The molecule has 3 heterocycles. The van der Waals surface area contributed by atoms with Gasteiger partial charge in [0.15, 0.2) is 0 Å². The number of unbranched alkanes of at least 4 members (excludes halogenated alkanes) is 5. The van der Waals surface area contributed by atoms with Crippen molar-refractivity contribution >= 4 is 11.8 Å². The van der Waals surface area contributed by atoms with E-state index in [1.807, 2.05) is 19.9 Å². The summed E-state index contributed by atoms with van der Waals surface area (Å²) in [5, 5.41) is 11.9. The fourth-order valence-corrected chi connectivity index (χ4v) is 4.23. The van der Waals surface area contributed by atoms with Gasteiger partial charge in [0.2, 0.25) is 0 Å². The molecule has 0 spiro atoms. The third-order valence-electron chi connectivity index (χ3n) is 6.41. The van der Waals surface area contributed by atoms with Crippen LogP contribution in [0.1, 0.15) is 76.5 Å². The minimum Gasteiger partial charge on any atom is -0.481 e. The summed E-state index contributed by atoms with van der Waals surface area (Å²) in [6.45, 7) is 9.32. The summed E-state index contributed by atoms with van der Waals surface area (Å²) in [4.78, 5) is 26.5. The highest BCUT2D eigenvalue weighted by Gasteiger charge is 2.10. The number of ether oxygens (including phenoxy) is 3. The van der Waals surface area contributed by atoms with Crippen LogP contribution < -0.4 is 16.6 Å². The minimum atomic E-state index is -0.679. The number of nitrogens with zero attached hydrogens (tertiary/aromatic N) is 2. The zero-order valence-electron chi connectivity index (χ0n) is 25.9. The second-order valence-corrected chi connectivity index (χ2v) is 9.71. The van der Waals surface area contributed by atoms with Crippen molar-refractivity contribution in [1.29, 1.82) is 0 Å². The van der Waals surface area contributed by atoms with Gasteiger partial charge >= 0.3 is 5.97 Å². The normalized spacial score (nSPS) is 11.8. The summed E-state index contributed by atoms with van der Waals surface area (Å²) in [5.74, 6) is 0.412. The highest BCUT2D eigenvalue weighted by atomic mass is 16.5. The quantitative estimate of drug-likeness (QED) is 0.188. The zero-order chi connectivity index (χ0) is 30.7. The van der Waals surface area contributed by atoms with Crippen molar-refractivity contribution < 1.29 is 24.1 Å². The average molecular weight is 591 g/mol. The number of aliphatic carboxylic acids is 1. The Morgan fingerprint density at radius 2 is 1.60 bits per heavy atom. The van der Waals surface area contributed by atoms with E-state index in [9.17, 15) is 9.59 Å². The Hall–Kier alpha value is -2.79. The molecule has 0 aliphatic carbocycles. The van der Waals surface area contributed by atoms with Crippen LogP contribution in [0.2, 0.25) is 0 Å². The minimum absolute atomic E-state index is 0.0144. The summed E-state index contributed by atoms with van der Waals surface area (Å²) < 4.78 is 17.4. The summed E-state index contributed by atoms with van der Waals surface area (Å²) in [6.07, 6.45) is 12.0. The molecule has 0 bridgehead atoms. The Morgan fingerprint density at radius 1 is 0.929 bits per heavy atom. The third-order valence-corrected chi connectivity index (χ3v) is 6.41. The number of anilines is 1. The van der Waals surface area contributed by atoms with Crippen LogP contribution in [0.3, 0.4) is 0 Å². The molecule has 0 saturated carbocycles. The third kappa shape index (κ3) is 18.6. The van der Waals surface area contributed by atoms with Crippen molar-refractivity contribution in [2.75, 3.05) is 58.0 Å². The van der Waals surface area contributed by atoms with E-state index in [4.69, 9.17) is 30.0 Å². The van der Waals surface area contributed by atoms with Gasteiger partial charge in [0, 0.05) is 44.0 Å². The van der Waals surface area contributed by atoms with Crippen LogP contribution in [0, 0.1) is 0 Å². The second kappa shape index (κ2) is 25.9. The lowest BCUT2D eigenvalue weighted by atomic mass is 10.0. The average Bonchev–Trinajstić information content (AvgIpc) is 3.01. The Balaban J connectivity index is 0.000000399. The van der Waals surface area contributed by atoms with Gasteiger partial charge in [-0.1, -0.05) is 51.7 Å². The molecule has 2 aromatic rings. The predicted molar refractivity (Wildman–Crippen MR) is 168 cm³/mol. The molecule has 238 valence electrons. The first-order valence-electron chi connectivity index (χ1n) is 15.6. The van der Waals surface area contributed by atoms with Gasteiger partial charge in [-0.15, -0.1) is 0 Å². The molecule has 2 aromatic heterocycles. The molecule has 0 aromatic carbocycles. The predicted octanol–water partition coefficient (Wildman–Crippen LogP) is 4.68. The monoisotopic (exact) mass is 590 g/mol. The van der Waals surface area contributed by atoms with Crippen LogP contribution in [0.15, 0.2) is 41.3 Å². The van der Waals surface area contributed by atoms with E-state index in [0.29, 0.717) is 59.2 Å². The molecule has 0 radical (unpaired) electrons. The zero-order valence-corrected chi connectivity index (χ0v) is 25.9. The Labute approximate surface area is 252 Å². The summed E-state index contributed by atoms with van der Waals surface area (Å²) in [7, 11) is 0. The fraction of sp³-hybridized carbons (Fsp3) is 0.656.